The number of hydrogen-bond donors (Lipinski definition) is 3. The fourth-order valence-electron chi connectivity index (χ4n) is 2.91. The highest BCUT2D eigenvalue weighted by Crippen LogP contribution is 2.35. The lowest BCUT2D eigenvalue weighted by Gasteiger charge is -2.42. The molecule has 0 saturated heterocycles. The first-order valence-electron chi connectivity index (χ1n) is 10.0. The fraction of sp³-hybridized carbons (Fsp3) is 0.476. The number of benzene rings is 1. The lowest BCUT2D eigenvalue weighted by Crippen LogP contribution is -2.56. The zero-order valence-electron chi connectivity index (χ0n) is 17.9. The van der Waals surface area contributed by atoms with E-state index in [2.05, 4.69) is 21.5 Å². The average molecular weight is 468 g/mol. The molecule has 170 valence electrons. The van der Waals surface area contributed by atoms with E-state index in [9.17, 15) is 18.4 Å². The molecule has 31 heavy (non-hydrogen) atoms. The third-order valence-electron chi connectivity index (χ3n) is 4.65. The fourth-order valence-corrected chi connectivity index (χ4v) is 5.17. The summed E-state index contributed by atoms with van der Waals surface area (Å²) in [5, 5.41) is 11.2. The molecule has 0 bridgehead atoms. The molecular formula is C21H29N3O5S2. The van der Waals surface area contributed by atoms with Gasteiger partial charge in [-0.1, -0.05) is 32.8 Å². The van der Waals surface area contributed by atoms with Crippen molar-refractivity contribution in [2.75, 3.05) is 5.75 Å². The van der Waals surface area contributed by atoms with E-state index in [0.717, 1.165) is 11.5 Å². The summed E-state index contributed by atoms with van der Waals surface area (Å²) in [6, 6.07) is 5.88. The normalized spacial score (nSPS) is 20.6. The van der Waals surface area contributed by atoms with Crippen LogP contribution in [-0.4, -0.2) is 36.5 Å². The summed E-state index contributed by atoms with van der Waals surface area (Å²) in [5.74, 6) is 3.53. The van der Waals surface area contributed by atoms with Gasteiger partial charge in [0, 0.05) is 30.2 Å². The SMILES string of the molecule is CCC#COc1ccc(S(=O)(=O)NC2N(O)C=CCC2(C)CSNC(=O)CCC)cc1. The largest absolute Gasteiger partial charge is 0.408 e. The number of allylic oxidation sites excluding steroid dienone is 1. The van der Waals surface area contributed by atoms with Gasteiger partial charge in [-0.2, -0.15) is 4.72 Å². The number of sulfonamides is 1. The molecular weight excluding hydrogens is 438 g/mol. The van der Waals surface area contributed by atoms with Gasteiger partial charge in [-0.05, 0) is 49.1 Å². The van der Waals surface area contributed by atoms with Crippen LogP contribution in [0.5, 0.6) is 5.75 Å². The minimum absolute atomic E-state index is 0.0394. The Morgan fingerprint density at radius 1 is 1.35 bits per heavy atom. The molecule has 0 fully saturated rings. The van der Waals surface area contributed by atoms with Gasteiger partial charge >= 0.3 is 0 Å². The van der Waals surface area contributed by atoms with Crippen LogP contribution in [-0.2, 0) is 14.8 Å². The Morgan fingerprint density at radius 3 is 2.71 bits per heavy atom. The average Bonchev–Trinajstić information content (AvgIpc) is 2.72. The van der Waals surface area contributed by atoms with Crippen molar-refractivity contribution in [2.24, 2.45) is 5.41 Å². The van der Waals surface area contributed by atoms with E-state index in [1.807, 2.05) is 20.8 Å². The van der Waals surface area contributed by atoms with Crippen molar-refractivity contribution in [1.82, 2.24) is 14.5 Å². The third-order valence-corrected chi connectivity index (χ3v) is 7.25. The van der Waals surface area contributed by atoms with Crippen LogP contribution in [0.4, 0.5) is 0 Å². The van der Waals surface area contributed by atoms with Crippen LogP contribution in [0.15, 0.2) is 41.4 Å². The Bertz CT molecular complexity index is 938. The van der Waals surface area contributed by atoms with Gasteiger partial charge in [0.05, 0.1) is 4.90 Å². The smallest absolute Gasteiger partial charge is 0.242 e. The molecule has 1 aliphatic rings. The first kappa shape index (κ1) is 25.1. The molecule has 1 aromatic rings. The predicted molar refractivity (Wildman–Crippen MR) is 120 cm³/mol. The lowest BCUT2D eigenvalue weighted by atomic mass is 9.84. The van der Waals surface area contributed by atoms with E-state index in [4.69, 9.17) is 4.74 Å². The van der Waals surface area contributed by atoms with E-state index >= 15 is 0 Å². The number of carbonyl (C=O) groups is 1. The maximum Gasteiger partial charge on any atom is 0.242 e. The van der Waals surface area contributed by atoms with E-state index < -0.39 is 21.6 Å². The lowest BCUT2D eigenvalue weighted by molar-refractivity contribution is -0.124. The van der Waals surface area contributed by atoms with E-state index in [0.29, 0.717) is 30.8 Å². The van der Waals surface area contributed by atoms with Crippen LogP contribution in [0.1, 0.15) is 46.5 Å². The maximum absolute atomic E-state index is 13.0. The van der Waals surface area contributed by atoms with Crippen molar-refractivity contribution >= 4 is 27.9 Å². The molecule has 0 aromatic heterocycles. The number of rotatable bonds is 9. The second-order valence-corrected chi connectivity index (χ2v) is 9.91. The molecule has 0 saturated carbocycles. The molecule has 0 aliphatic carbocycles. The molecule has 2 atom stereocenters. The number of carbonyl (C=O) groups excluding carboxylic acids is 1. The highest BCUT2D eigenvalue weighted by Gasteiger charge is 2.41. The van der Waals surface area contributed by atoms with Crippen LogP contribution >= 0.6 is 11.9 Å². The van der Waals surface area contributed by atoms with Crippen LogP contribution in [0.2, 0.25) is 0 Å². The molecule has 1 aromatic carbocycles. The van der Waals surface area contributed by atoms with Gasteiger partial charge in [0.2, 0.25) is 15.9 Å². The molecule has 0 radical (unpaired) electrons. The van der Waals surface area contributed by atoms with Crippen molar-refractivity contribution in [1.29, 1.82) is 0 Å². The summed E-state index contributed by atoms with van der Waals surface area (Å²) in [6.45, 7) is 5.67. The second-order valence-electron chi connectivity index (χ2n) is 7.42. The van der Waals surface area contributed by atoms with Gasteiger partial charge in [-0.3, -0.25) is 10.0 Å². The molecule has 10 heteroatoms. The molecule has 1 aliphatic heterocycles. The summed E-state index contributed by atoms with van der Waals surface area (Å²) < 4.78 is 36.5. The maximum atomic E-state index is 13.0. The quantitative estimate of drug-likeness (QED) is 0.378. The summed E-state index contributed by atoms with van der Waals surface area (Å²) >= 11 is 1.21. The number of hydrogen-bond acceptors (Lipinski definition) is 7. The first-order valence-corrected chi connectivity index (χ1v) is 12.5. The van der Waals surface area contributed by atoms with Crippen molar-refractivity contribution in [3.63, 3.8) is 0 Å². The van der Waals surface area contributed by atoms with Crippen LogP contribution in [0, 0.1) is 17.4 Å². The van der Waals surface area contributed by atoms with Gasteiger partial charge in [-0.25, -0.2) is 13.5 Å². The highest BCUT2D eigenvalue weighted by atomic mass is 32.2. The van der Waals surface area contributed by atoms with Crippen molar-refractivity contribution in [2.45, 2.75) is 57.5 Å². The summed E-state index contributed by atoms with van der Waals surface area (Å²) in [7, 11) is -3.93. The predicted octanol–water partition coefficient (Wildman–Crippen LogP) is 3.22. The summed E-state index contributed by atoms with van der Waals surface area (Å²) in [6.07, 6.45) is 7.17. The van der Waals surface area contributed by atoms with E-state index in [1.54, 1.807) is 6.08 Å². The van der Waals surface area contributed by atoms with Crippen molar-refractivity contribution < 1.29 is 23.2 Å². The molecule has 3 N–H and O–H groups in total. The van der Waals surface area contributed by atoms with Gasteiger partial charge < -0.3 is 9.46 Å². The zero-order chi connectivity index (χ0) is 22.9. The van der Waals surface area contributed by atoms with Crippen LogP contribution in [0.3, 0.4) is 0 Å². The first-order chi connectivity index (χ1) is 14.7. The minimum Gasteiger partial charge on any atom is -0.408 e. The number of ether oxygens (including phenoxy) is 1. The highest BCUT2D eigenvalue weighted by molar-refractivity contribution is 7.97. The Balaban J connectivity index is 2.12. The van der Waals surface area contributed by atoms with Crippen LogP contribution in [0.25, 0.3) is 0 Å². The zero-order valence-corrected chi connectivity index (χ0v) is 19.6. The third kappa shape index (κ3) is 7.18. The standard InChI is InChI=1S/C21H29N3O5S2/c1-4-6-15-29-17-9-11-18(12-10-17)31(27,28)23-20-21(3,13-7-14-24(20)26)16-30-22-19(25)8-5-2/h7,9-12,14,20,23,26H,4-5,8,13,16H2,1-3H3,(H,22,25). The monoisotopic (exact) mass is 467 g/mol. The number of nitrogens with zero attached hydrogens (tertiary/aromatic N) is 1. The molecule has 2 rings (SSSR count). The second kappa shape index (κ2) is 11.4. The number of hydroxylamine groups is 2. The summed E-state index contributed by atoms with van der Waals surface area (Å²) in [5.41, 5.74) is -0.667. The molecule has 1 heterocycles. The Labute approximate surface area is 188 Å². The number of nitrogens with one attached hydrogen (secondary N) is 2. The van der Waals surface area contributed by atoms with Crippen molar-refractivity contribution in [3.05, 3.63) is 36.5 Å². The molecule has 8 nitrogen and oxygen atoms in total. The molecule has 2 unspecified atom stereocenters. The number of amides is 1. The van der Waals surface area contributed by atoms with Gasteiger partial charge in [0.25, 0.3) is 0 Å². The van der Waals surface area contributed by atoms with E-state index in [1.165, 1.54) is 42.4 Å². The molecule has 1 amide bonds. The van der Waals surface area contributed by atoms with Gasteiger partial charge in [-0.15, -0.1) is 0 Å². The van der Waals surface area contributed by atoms with Crippen molar-refractivity contribution in [3.8, 4) is 17.8 Å². The Hall–Kier alpha value is -2.19. The van der Waals surface area contributed by atoms with Gasteiger partial charge in [0.1, 0.15) is 18.0 Å². The minimum atomic E-state index is -3.93. The summed E-state index contributed by atoms with van der Waals surface area (Å²) in [4.78, 5) is 11.8. The van der Waals surface area contributed by atoms with Crippen LogP contribution < -0.4 is 14.2 Å². The Kier molecular flexibility index (Phi) is 9.25. The molecule has 0 spiro atoms. The van der Waals surface area contributed by atoms with E-state index in [-0.39, 0.29) is 10.8 Å². The van der Waals surface area contributed by atoms with Gasteiger partial charge in [0.15, 0.2) is 0 Å². The Morgan fingerprint density at radius 2 is 2.06 bits per heavy atom. The topological polar surface area (TPSA) is 108 Å².